The van der Waals surface area contributed by atoms with E-state index >= 15 is 0 Å². The first-order valence-electron chi connectivity index (χ1n) is 5.99. The van der Waals surface area contributed by atoms with E-state index in [9.17, 15) is 0 Å². The van der Waals surface area contributed by atoms with Crippen LogP contribution in [0.25, 0.3) is 0 Å². The molecule has 0 saturated heterocycles. The smallest absolute Gasteiger partial charge is 0.123 e. The van der Waals surface area contributed by atoms with Crippen molar-refractivity contribution in [2.75, 3.05) is 6.61 Å². The Morgan fingerprint density at radius 3 is 2.81 bits per heavy atom. The maximum Gasteiger partial charge on any atom is 0.123 e. The first kappa shape index (κ1) is 11.3. The lowest BCUT2D eigenvalue weighted by atomic mass is 9.96. The van der Waals surface area contributed by atoms with Gasteiger partial charge >= 0.3 is 0 Å². The monoisotopic (exact) mass is 215 g/mol. The van der Waals surface area contributed by atoms with E-state index in [0.717, 1.165) is 11.7 Å². The minimum Gasteiger partial charge on any atom is -0.494 e. The lowest BCUT2D eigenvalue weighted by Crippen LogP contribution is -2.00. The van der Waals surface area contributed by atoms with Crippen LogP contribution < -0.4 is 4.74 Å². The summed E-state index contributed by atoms with van der Waals surface area (Å²) in [5.41, 5.74) is 2.64. The zero-order valence-corrected chi connectivity index (χ0v) is 10.1. The molecule has 1 nitrogen and oxygen atoms in total. The van der Waals surface area contributed by atoms with Gasteiger partial charge in [0.2, 0.25) is 0 Å². The van der Waals surface area contributed by atoms with Crippen LogP contribution in [0.2, 0.25) is 0 Å². The first-order chi connectivity index (χ1) is 7.76. The lowest BCUT2D eigenvalue weighted by molar-refractivity contribution is 0.338. The number of ether oxygens (including phenoxy) is 1. The highest BCUT2D eigenvalue weighted by molar-refractivity contribution is 5.49. The van der Waals surface area contributed by atoms with Gasteiger partial charge in [0, 0.05) is 11.5 Å². The molecule has 1 radical (unpaired) electrons. The van der Waals surface area contributed by atoms with Crippen molar-refractivity contribution in [1.82, 2.24) is 0 Å². The molecule has 1 saturated carbocycles. The third-order valence-corrected chi connectivity index (χ3v) is 3.08. The van der Waals surface area contributed by atoms with Crippen molar-refractivity contribution in [1.29, 1.82) is 0 Å². The molecule has 85 valence electrons. The Morgan fingerprint density at radius 1 is 1.50 bits per heavy atom. The van der Waals surface area contributed by atoms with Crippen LogP contribution in [0.3, 0.4) is 0 Å². The summed E-state index contributed by atoms with van der Waals surface area (Å²) in [6, 6.07) is 6.56. The molecule has 1 fully saturated rings. The van der Waals surface area contributed by atoms with Crippen LogP contribution in [0.4, 0.5) is 0 Å². The Morgan fingerprint density at radius 2 is 2.25 bits per heavy atom. The van der Waals surface area contributed by atoms with Gasteiger partial charge in [-0.1, -0.05) is 25.1 Å². The number of rotatable bonds is 5. The van der Waals surface area contributed by atoms with Gasteiger partial charge in [-0.25, -0.2) is 0 Å². The average molecular weight is 215 g/mol. The third-order valence-electron chi connectivity index (χ3n) is 3.08. The maximum absolute atomic E-state index is 5.65. The number of benzene rings is 1. The second-order valence-electron chi connectivity index (χ2n) is 4.35. The van der Waals surface area contributed by atoms with Crippen molar-refractivity contribution < 1.29 is 4.74 Å². The van der Waals surface area contributed by atoms with Crippen molar-refractivity contribution in [2.24, 2.45) is 0 Å². The van der Waals surface area contributed by atoms with Crippen LogP contribution in [0.5, 0.6) is 5.75 Å². The number of hydrogen-bond donors (Lipinski definition) is 0. The summed E-state index contributed by atoms with van der Waals surface area (Å²) in [5.74, 6) is 2.95. The molecule has 0 unspecified atom stereocenters. The standard InChI is InChI=1S/C15H19O/c1-4-11(3)14-10-13(12-6-7-12)8-9-15(14)16-5-2/h4,8-10,12H,1,5-7H2,2-3H3. The molecule has 0 aliphatic heterocycles. The van der Waals surface area contributed by atoms with Crippen LogP contribution in [-0.4, -0.2) is 6.61 Å². The largest absolute Gasteiger partial charge is 0.494 e. The molecular formula is C15H19O. The fourth-order valence-electron chi connectivity index (χ4n) is 1.92. The summed E-state index contributed by atoms with van der Waals surface area (Å²) < 4.78 is 5.65. The van der Waals surface area contributed by atoms with Crippen LogP contribution in [0.1, 0.15) is 43.7 Å². The Labute approximate surface area is 98.1 Å². The molecule has 1 aliphatic carbocycles. The van der Waals surface area contributed by atoms with Crippen LogP contribution in [-0.2, 0) is 0 Å². The summed E-state index contributed by atoms with van der Waals surface area (Å²) >= 11 is 0. The zero-order valence-electron chi connectivity index (χ0n) is 10.1. The Bertz CT molecular complexity index is 377. The molecule has 16 heavy (non-hydrogen) atoms. The molecule has 0 heterocycles. The van der Waals surface area contributed by atoms with Gasteiger partial charge in [-0.3, -0.25) is 0 Å². The minimum absolute atomic E-state index is 0.709. The molecule has 0 amide bonds. The van der Waals surface area contributed by atoms with Gasteiger partial charge in [-0.15, -0.1) is 6.58 Å². The lowest BCUT2D eigenvalue weighted by Gasteiger charge is -2.14. The van der Waals surface area contributed by atoms with Crippen LogP contribution in [0.15, 0.2) is 30.9 Å². The van der Waals surface area contributed by atoms with E-state index in [0.29, 0.717) is 6.61 Å². The molecule has 1 heteroatoms. The van der Waals surface area contributed by atoms with E-state index in [-0.39, 0.29) is 0 Å². The number of hydrogen-bond acceptors (Lipinski definition) is 1. The molecule has 1 aliphatic rings. The Balaban J connectivity index is 2.33. The van der Waals surface area contributed by atoms with Crippen LogP contribution in [0, 0.1) is 5.92 Å². The van der Waals surface area contributed by atoms with E-state index in [2.05, 4.69) is 31.7 Å². The second-order valence-corrected chi connectivity index (χ2v) is 4.35. The molecule has 0 spiro atoms. The van der Waals surface area contributed by atoms with Gasteiger partial charge in [-0.2, -0.15) is 0 Å². The molecule has 0 bridgehead atoms. The van der Waals surface area contributed by atoms with Gasteiger partial charge in [-0.05, 0) is 37.3 Å². The van der Waals surface area contributed by atoms with Gasteiger partial charge in [0.05, 0.1) is 6.61 Å². The van der Waals surface area contributed by atoms with Gasteiger partial charge in [0.15, 0.2) is 0 Å². The normalized spacial score (nSPS) is 15.2. The highest BCUT2D eigenvalue weighted by atomic mass is 16.5. The summed E-state index contributed by atoms with van der Waals surface area (Å²) in [6.45, 7) is 8.64. The second kappa shape index (κ2) is 4.73. The molecule has 0 aromatic heterocycles. The van der Waals surface area contributed by atoms with Crippen molar-refractivity contribution in [3.63, 3.8) is 0 Å². The summed E-state index contributed by atoms with van der Waals surface area (Å²) in [6.07, 6.45) is 4.57. The van der Waals surface area contributed by atoms with Gasteiger partial charge < -0.3 is 4.74 Å². The fraction of sp³-hybridized carbons (Fsp3) is 0.400. The molecule has 1 aromatic carbocycles. The molecule has 0 N–H and O–H groups in total. The van der Waals surface area contributed by atoms with Crippen molar-refractivity contribution in [3.05, 3.63) is 47.9 Å². The van der Waals surface area contributed by atoms with Crippen molar-refractivity contribution in [2.45, 2.75) is 32.6 Å². The van der Waals surface area contributed by atoms with E-state index in [4.69, 9.17) is 4.74 Å². The highest BCUT2D eigenvalue weighted by Crippen LogP contribution is 2.42. The van der Waals surface area contributed by atoms with Gasteiger partial charge in [0.1, 0.15) is 5.75 Å². The third kappa shape index (κ3) is 2.29. The summed E-state index contributed by atoms with van der Waals surface area (Å²) in [5, 5.41) is 0. The average Bonchev–Trinajstić information content (AvgIpc) is 3.13. The highest BCUT2D eigenvalue weighted by Gasteiger charge is 2.24. The quantitative estimate of drug-likeness (QED) is 0.718. The van der Waals surface area contributed by atoms with Crippen molar-refractivity contribution >= 4 is 0 Å². The van der Waals surface area contributed by atoms with Crippen LogP contribution >= 0.6 is 0 Å². The maximum atomic E-state index is 5.65. The SMILES string of the molecule is C=C[C](C)c1cc(C2CC2)ccc1OCC. The number of allylic oxidation sites excluding steroid dienone is 1. The minimum atomic E-state index is 0.709. The van der Waals surface area contributed by atoms with Gasteiger partial charge in [0.25, 0.3) is 0 Å². The summed E-state index contributed by atoms with van der Waals surface area (Å²) in [7, 11) is 0. The first-order valence-corrected chi connectivity index (χ1v) is 5.99. The van der Waals surface area contributed by atoms with E-state index in [1.165, 1.54) is 29.9 Å². The zero-order chi connectivity index (χ0) is 11.5. The Kier molecular flexibility index (Phi) is 3.33. The van der Waals surface area contributed by atoms with E-state index < -0.39 is 0 Å². The van der Waals surface area contributed by atoms with E-state index in [1.807, 2.05) is 13.0 Å². The van der Waals surface area contributed by atoms with Crippen molar-refractivity contribution in [3.8, 4) is 5.75 Å². The van der Waals surface area contributed by atoms with E-state index in [1.54, 1.807) is 0 Å². The molecule has 1 aromatic rings. The Hall–Kier alpha value is -1.24. The predicted octanol–water partition coefficient (Wildman–Crippen LogP) is 4.09. The topological polar surface area (TPSA) is 9.23 Å². The summed E-state index contributed by atoms with van der Waals surface area (Å²) in [4.78, 5) is 0. The fourth-order valence-corrected chi connectivity index (χ4v) is 1.92. The molecule has 2 rings (SSSR count). The molecular weight excluding hydrogens is 196 g/mol. The molecule has 0 atom stereocenters. The predicted molar refractivity (Wildman–Crippen MR) is 67.8 cm³/mol.